The Balaban J connectivity index is 2.40. The van der Waals surface area contributed by atoms with Crippen LogP contribution in [-0.4, -0.2) is 14.3 Å². The van der Waals surface area contributed by atoms with Crippen molar-refractivity contribution in [2.24, 2.45) is 5.73 Å². The van der Waals surface area contributed by atoms with E-state index in [-0.39, 0.29) is 19.3 Å². The first-order valence-electron chi connectivity index (χ1n) is 5.27. The third-order valence-electron chi connectivity index (χ3n) is 2.40. The number of nitrogens with one attached hydrogen (secondary N) is 1. The van der Waals surface area contributed by atoms with Crippen LogP contribution < -0.4 is 10.5 Å². The fourth-order valence-corrected chi connectivity index (χ4v) is 4.70. The summed E-state index contributed by atoms with van der Waals surface area (Å²) < 4.78 is 40.0. The van der Waals surface area contributed by atoms with Gasteiger partial charge in [0.05, 0.1) is 9.90 Å². The standard InChI is InChI=1S/C11H7Cl2FN2O3S2/c12-9-4-8(10(13)20-9)21(18,19)16-5-1-2-7(14)6(3-5)11(15)17/h1-4,16H,(H2,15,17). The summed E-state index contributed by atoms with van der Waals surface area (Å²) in [7, 11) is -4.01. The van der Waals surface area contributed by atoms with Crippen molar-refractivity contribution in [2.45, 2.75) is 4.90 Å². The molecule has 0 aliphatic heterocycles. The van der Waals surface area contributed by atoms with Gasteiger partial charge in [-0.1, -0.05) is 23.2 Å². The van der Waals surface area contributed by atoms with Crippen LogP contribution in [0.15, 0.2) is 29.2 Å². The van der Waals surface area contributed by atoms with Gasteiger partial charge in [0, 0.05) is 5.69 Å². The summed E-state index contributed by atoms with van der Waals surface area (Å²) in [4.78, 5) is 10.8. The highest BCUT2D eigenvalue weighted by Crippen LogP contribution is 2.35. The molecule has 0 unspecified atom stereocenters. The topological polar surface area (TPSA) is 89.3 Å². The molecule has 21 heavy (non-hydrogen) atoms. The third kappa shape index (κ3) is 3.46. The second-order valence-corrected chi connectivity index (χ2v) is 7.79. The molecule has 2 rings (SSSR count). The molecule has 112 valence electrons. The predicted octanol–water partition coefficient (Wildman–Crippen LogP) is 3.09. The van der Waals surface area contributed by atoms with Crippen LogP contribution in [0.1, 0.15) is 10.4 Å². The number of hydrogen-bond acceptors (Lipinski definition) is 4. The number of amides is 1. The van der Waals surface area contributed by atoms with Crippen molar-refractivity contribution in [3.05, 3.63) is 44.3 Å². The van der Waals surface area contributed by atoms with Crippen molar-refractivity contribution < 1.29 is 17.6 Å². The smallest absolute Gasteiger partial charge is 0.264 e. The largest absolute Gasteiger partial charge is 0.366 e. The first-order valence-corrected chi connectivity index (χ1v) is 8.33. The van der Waals surface area contributed by atoms with Gasteiger partial charge in [0.1, 0.15) is 15.0 Å². The van der Waals surface area contributed by atoms with Crippen molar-refractivity contribution in [3.63, 3.8) is 0 Å². The molecule has 1 aromatic heterocycles. The average molecular weight is 369 g/mol. The highest BCUT2D eigenvalue weighted by molar-refractivity contribution is 7.93. The van der Waals surface area contributed by atoms with Crippen LogP contribution in [0.4, 0.5) is 10.1 Å². The Morgan fingerprint density at radius 3 is 2.48 bits per heavy atom. The van der Waals surface area contributed by atoms with Crippen molar-refractivity contribution >= 4 is 56.2 Å². The molecule has 3 N–H and O–H groups in total. The molecule has 0 aliphatic rings. The van der Waals surface area contributed by atoms with Gasteiger partial charge in [-0.15, -0.1) is 11.3 Å². The fraction of sp³-hybridized carbons (Fsp3) is 0. The number of thiophene rings is 1. The van der Waals surface area contributed by atoms with Gasteiger partial charge in [0.2, 0.25) is 0 Å². The molecule has 5 nitrogen and oxygen atoms in total. The zero-order chi connectivity index (χ0) is 15.8. The Kier molecular flexibility index (Phi) is 4.43. The average Bonchev–Trinajstić information content (AvgIpc) is 2.71. The molecule has 0 atom stereocenters. The number of carbonyl (C=O) groups excluding carboxylic acids is 1. The van der Waals surface area contributed by atoms with E-state index in [9.17, 15) is 17.6 Å². The molecule has 1 heterocycles. The minimum absolute atomic E-state index is 0.00950. The second-order valence-electron chi connectivity index (χ2n) is 3.85. The van der Waals surface area contributed by atoms with Gasteiger partial charge in [0.25, 0.3) is 15.9 Å². The predicted molar refractivity (Wildman–Crippen MR) is 80.1 cm³/mol. The number of carbonyl (C=O) groups is 1. The van der Waals surface area contributed by atoms with Crippen molar-refractivity contribution in [1.82, 2.24) is 0 Å². The maximum absolute atomic E-state index is 13.3. The SMILES string of the molecule is NC(=O)c1cc(NS(=O)(=O)c2cc(Cl)sc2Cl)ccc1F. The number of primary amides is 1. The molecule has 0 fully saturated rings. The Labute approximate surface area is 133 Å². The molecule has 0 aliphatic carbocycles. The van der Waals surface area contributed by atoms with E-state index in [0.29, 0.717) is 0 Å². The normalized spacial score (nSPS) is 11.4. The number of hydrogen-bond donors (Lipinski definition) is 2. The van der Waals surface area contributed by atoms with E-state index in [0.717, 1.165) is 29.5 Å². The second kappa shape index (κ2) is 5.80. The molecule has 0 radical (unpaired) electrons. The lowest BCUT2D eigenvalue weighted by Gasteiger charge is -2.08. The summed E-state index contributed by atoms with van der Waals surface area (Å²) >= 11 is 12.4. The zero-order valence-electron chi connectivity index (χ0n) is 10.1. The lowest BCUT2D eigenvalue weighted by atomic mass is 10.2. The summed E-state index contributed by atoms with van der Waals surface area (Å²) in [5.41, 5.74) is 4.54. The molecule has 1 amide bonds. The van der Waals surface area contributed by atoms with Crippen LogP contribution in [0.3, 0.4) is 0 Å². The summed E-state index contributed by atoms with van der Waals surface area (Å²) in [6.45, 7) is 0. The van der Waals surface area contributed by atoms with Gasteiger partial charge in [-0.05, 0) is 24.3 Å². The van der Waals surface area contributed by atoms with Crippen LogP contribution in [0.5, 0.6) is 0 Å². The number of rotatable bonds is 4. The molecule has 0 saturated heterocycles. The van der Waals surface area contributed by atoms with Crippen molar-refractivity contribution in [2.75, 3.05) is 4.72 Å². The molecule has 1 aromatic carbocycles. The zero-order valence-corrected chi connectivity index (χ0v) is 13.2. The molecule has 0 bridgehead atoms. The van der Waals surface area contributed by atoms with E-state index < -0.39 is 27.3 Å². The first kappa shape index (κ1) is 16.0. The monoisotopic (exact) mass is 368 g/mol. The Hall–Kier alpha value is -1.35. The molecule has 10 heteroatoms. The molecular weight excluding hydrogens is 362 g/mol. The van der Waals surface area contributed by atoms with Crippen molar-refractivity contribution in [3.8, 4) is 0 Å². The minimum atomic E-state index is -4.01. The van der Waals surface area contributed by atoms with Gasteiger partial charge in [-0.25, -0.2) is 12.8 Å². The quantitative estimate of drug-likeness (QED) is 0.868. The van der Waals surface area contributed by atoms with E-state index >= 15 is 0 Å². The molecule has 0 spiro atoms. The number of sulfonamides is 1. The summed E-state index contributed by atoms with van der Waals surface area (Å²) in [6, 6.07) is 4.27. The lowest BCUT2D eigenvalue weighted by molar-refractivity contribution is 0.0996. The van der Waals surface area contributed by atoms with E-state index in [4.69, 9.17) is 28.9 Å². The van der Waals surface area contributed by atoms with Crippen LogP contribution in [-0.2, 0) is 10.0 Å². The van der Waals surface area contributed by atoms with Gasteiger partial charge in [-0.3, -0.25) is 9.52 Å². The first-order chi connectivity index (χ1) is 9.70. The fourth-order valence-electron chi connectivity index (χ4n) is 1.50. The van der Waals surface area contributed by atoms with Crippen molar-refractivity contribution in [1.29, 1.82) is 0 Å². The number of anilines is 1. The van der Waals surface area contributed by atoms with Gasteiger partial charge < -0.3 is 5.73 Å². The molecule has 0 saturated carbocycles. The van der Waals surface area contributed by atoms with E-state index in [1.54, 1.807) is 0 Å². The Bertz CT molecular complexity index is 821. The van der Waals surface area contributed by atoms with Crippen LogP contribution in [0.25, 0.3) is 0 Å². The summed E-state index contributed by atoms with van der Waals surface area (Å²) in [5, 5.41) is 0. The summed E-state index contributed by atoms with van der Waals surface area (Å²) in [5.74, 6) is -1.85. The molecular formula is C11H7Cl2FN2O3S2. The van der Waals surface area contributed by atoms with Crippen LogP contribution >= 0.6 is 34.5 Å². The van der Waals surface area contributed by atoms with Gasteiger partial charge in [-0.2, -0.15) is 0 Å². The highest BCUT2D eigenvalue weighted by Gasteiger charge is 2.22. The Morgan fingerprint density at radius 1 is 1.29 bits per heavy atom. The van der Waals surface area contributed by atoms with Crippen LogP contribution in [0.2, 0.25) is 8.67 Å². The highest BCUT2D eigenvalue weighted by atomic mass is 35.5. The van der Waals surface area contributed by atoms with E-state index in [1.165, 1.54) is 6.07 Å². The maximum Gasteiger partial charge on any atom is 0.264 e. The summed E-state index contributed by atoms with van der Waals surface area (Å²) in [6.07, 6.45) is 0. The van der Waals surface area contributed by atoms with Gasteiger partial charge in [0.15, 0.2) is 0 Å². The number of halogens is 3. The van der Waals surface area contributed by atoms with E-state index in [1.807, 2.05) is 0 Å². The van der Waals surface area contributed by atoms with E-state index in [2.05, 4.69) is 4.72 Å². The van der Waals surface area contributed by atoms with Crippen LogP contribution in [0, 0.1) is 5.82 Å². The lowest BCUT2D eigenvalue weighted by Crippen LogP contribution is -2.16. The van der Waals surface area contributed by atoms with Gasteiger partial charge >= 0.3 is 0 Å². The number of benzene rings is 1. The number of nitrogens with two attached hydrogens (primary N) is 1. The third-order valence-corrected chi connectivity index (χ3v) is 5.53. The molecule has 2 aromatic rings. The minimum Gasteiger partial charge on any atom is -0.366 e. The Morgan fingerprint density at radius 2 is 1.95 bits per heavy atom. The maximum atomic E-state index is 13.3.